The Labute approximate surface area is 102 Å². The van der Waals surface area contributed by atoms with Gasteiger partial charge in [0.15, 0.2) is 0 Å². The van der Waals surface area contributed by atoms with Gasteiger partial charge in [-0.15, -0.1) is 0 Å². The van der Waals surface area contributed by atoms with Crippen molar-refractivity contribution in [3.63, 3.8) is 0 Å². The van der Waals surface area contributed by atoms with Crippen molar-refractivity contribution < 1.29 is 4.74 Å². The summed E-state index contributed by atoms with van der Waals surface area (Å²) >= 11 is 1.87. The number of benzene rings is 1. The molecular weight excluding hydrogens is 218 g/mol. The van der Waals surface area contributed by atoms with Gasteiger partial charge < -0.3 is 10.5 Å². The molecule has 0 radical (unpaired) electrons. The van der Waals surface area contributed by atoms with Crippen LogP contribution in [-0.2, 0) is 5.75 Å². The molecule has 0 aliphatic heterocycles. The maximum Gasteiger partial charge on any atom is 0.119 e. The van der Waals surface area contributed by atoms with Crippen LogP contribution in [0.1, 0.15) is 18.1 Å². The second-order valence-corrected chi connectivity index (χ2v) is 4.44. The summed E-state index contributed by atoms with van der Waals surface area (Å²) in [6.07, 6.45) is 0. The Morgan fingerprint density at radius 2 is 2.25 bits per heavy atom. The Morgan fingerprint density at radius 3 is 2.88 bits per heavy atom. The van der Waals surface area contributed by atoms with Crippen LogP contribution < -0.4 is 10.5 Å². The maximum absolute atomic E-state index is 5.38. The monoisotopic (exact) mass is 235 g/mol. The number of hydrogen-bond acceptors (Lipinski definition) is 3. The number of nitrogens with two attached hydrogens (primary N) is 1. The van der Waals surface area contributed by atoms with E-state index in [1.54, 1.807) is 7.11 Å². The lowest BCUT2D eigenvalue weighted by Gasteiger charge is -2.06. The second kappa shape index (κ2) is 7.21. The first kappa shape index (κ1) is 13.0. The van der Waals surface area contributed by atoms with Crippen molar-refractivity contribution in [3.8, 4) is 17.6 Å². The van der Waals surface area contributed by atoms with Gasteiger partial charge in [-0.1, -0.05) is 18.8 Å². The highest BCUT2D eigenvalue weighted by molar-refractivity contribution is 7.98. The maximum atomic E-state index is 5.38. The van der Waals surface area contributed by atoms with Crippen LogP contribution in [-0.4, -0.2) is 19.4 Å². The van der Waals surface area contributed by atoms with Gasteiger partial charge in [0, 0.05) is 11.3 Å². The zero-order valence-electron chi connectivity index (χ0n) is 9.75. The molecule has 16 heavy (non-hydrogen) atoms. The normalized spacial score (nSPS) is 9.44. The van der Waals surface area contributed by atoms with Gasteiger partial charge in [0.2, 0.25) is 0 Å². The first-order valence-electron chi connectivity index (χ1n) is 5.25. The van der Waals surface area contributed by atoms with Gasteiger partial charge in [0.25, 0.3) is 0 Å². The Balaban J connectivity index is 2.96. The van der Waals surface area contributed by atoms with E-state index in [0.29, 0.717) is 6.54 Å². The highest BCUT2D eigenvalue weighted by Crippen LogP contribution is 2.21. The molecule has 0 aliphatic carbocycles. The molecule has 1 aromatic rings. The molecule has 0 bridgehead atoms. The fourth-order valence-electron chi connectivity index (χ4n) is 1.30. The molecule has 1 aromatic carbocycles. The summed E-state index contributed by atoms with van der Waals surface area (Å²) in [5.41, 5.74) is 7.64. The Morgan fingerprint density at radius 1 is 1.44 bits per heavy atom. The SMILES string of the molecule is CCSCc1cc(OC)ccc1C#CCN. The molecule has 2 nitrogen and oxygen atoms in total. The van der Waals surface area contributed by atoms with Gasteiger partial charge in [0.05, 0.1) is 13.7 Å². The average molecular weight is 235 g/mol. The van der Waals surface area contributed by atoms with Crippen molar-refractivity contribution in [2.24, 2.45) is 5.73 Å². The third-order valence-electron chi connectivity index (χ3n) is 2.10. The molecule has 2 N–H and O–H groups in total. The van der Waals surface area contributed by atoms with Gasteiger partial charge in [-0.05, 0) is 29.5 Å². The molecular formula is C13H17NOS. The van der Waals surface area contributed by atoms with Gasteiger partial charge in [-0.3, -0.25) is 0 Å². The molecule has 0 aromatic heterocycles. The van der Waals surface area contributed by atoms with Crippen LogP contribution in [0.15, 0.2) is 18.2 Å². The standard InChI is InChI=1S/C13H17NOS/c1-3-16-10-12-9-13(15-2)7-6-11(12)5-4-8-14/h6-7,9H,3,8,10,14H2,1-2H3. The lowest BCUT2D eigenvalue weighted by Crippen LogP contribution is -1.95. The van der Waals surface area contributed by atoms with E-state index >= 15 is 0 Å². The minimum absolute atomic E-state index is 0.395. The van der Waals surface area contributed by atoms with Crippen LogP contribution in [0.3, 0.4) is 0 Å². The first-order chi connectivity index (χ1) is 7.81. The fourth-order valence-corrected chi connectivity index (χ4v) is 1.96. The summed E-state index contributed by atoms with van der Waals surface area (Å²) in [4.78, 5) is 0. The summed E-state index contributed by atoms with van der Waals surface area (Å²) in [6, 6.07) is 5.97. The Bertz CT molecular complexity index is 393. The van der Waals surface area contributed by atoms with E-state index < -0.39 is 0 Å². The zero-order valence-corrected chi connectivity index (χ0v) is 10.6. The molecule has 0 unspecified atom stereocenters. The van der Waals surface area contributed by atoms with Crippen LogP contribution in [0.2, 0.25) is 0 Å². The highest BCUT2D eigenvalue weighted by atomic mass is 32.2. The quantitative estimate of drug-likeness (QED) is 0.813. The molecule has 1 rings (SSSR count). The second-order valence-electron chi connectivity index (χ2n) is 3.17. The Hall–Kier alpha value is -1.11. The average Bonchev–Trinajstić information content (AvgIpc) is 2.34. The van der Waals surface area contributed by atoms with Crippen LogP contribution in [0.5, 0.6) is 5.75 Å². The summed E-state index contributed by atoms with van der Waals surface area (Å²) in [5, 5.41) is 0. The number of ether oxygens (including phenoxy) is 1. The lowest BCUT2D eigenvalue weighted by atomic mass is 10.1. The van der Waals surface area contributed by atoms with Gasteiger partial charge in [0.1, 0.15) is 5.75 Å². The summed E-state index contributed by atoms with van der Waals surface area (Å²) < 4.78 is 5.21. The molecule has 0 saturated carbocycles. The molecule has 0 amide bonds. The number of rotatable bonds is 4. The number of hydrogen-bond donors (Lipinski definition) is 1. The summed E-state index contributed by atoms with van der Waals surface area (Å²) in [5.74, 6) is 8.91. The molecule has 0 saturated heterocycles. The van der Waals surface area contributed by atoms with E-state index in [0.717, 1.165) is 22.8 Å². The van der Waals surface area contributed by atoms with Crippen molar-refractivity contribution in [2.75, 3.05) is 19.4 Å². The van der Waals surface area contributed by atoms with E-state index in [2.05, 4.69) is 18.8 Å². The van der Waals surface area contributed by atoms with Crippen molar-refractivity contribution in [2.45, 2.75) is 12.7 Å². The van der Waals surface area contributed by atoms with Crippen LogP contribution >= 0.6 is 11.8 Å². The molecule has 86 valence electrons. The molecule has 0 fully saturated rings. The van der Waals surface area contributed by atoms with E-state index in [-0.39, 0.29) is 0 Å². The van der Waals surface area contributed by atoms with Crippen LogP contribution in [0.4, 0.5) is 0 Å². The first-order valence-corrected chi connectivity index (χ1v) is 6.40. The lowest BCUT2D eigenvalue weighted by molar-refractivity contribution is 0.414. The third kappa shape index (κ3) is 3.80. The number of thioether (sulfide) groups is 1. The zero-order chi connectivity index (χ0) is 11.8. The predicted octanol–water partition coefficient (Wildman–Crippen LogP) is 2.26. The van der Waals surface area contributed by atoms with Gasteiger partial charge in [-0.2, -0.15) is 11.8 Å². The summed E-state index contributed by atoms with van der Waals surface area (Å²) in [6.45, 7) is 2.54. The molecule has 0 aliphatic rings. The van der Waals surface area contributed by atoms with E-state index in [1.165, 1.54) is 5.56 Å². The van der Waals surface area contributed by atoms with E-state index in [1.807, 2.05) is 30.0 Å². The van der Waals surface area contributed by atoms with Gasteiger partial charge >= 0.3 is 0 Å². The van der Waals surface area contributed by atoms with Crippen molar-refractivity contribution in [3.05, 3.63) is 29.3 Å². The third-order valence-corrected chi connectivity index (χ3v) is 3.02. The largest absolute Gasteiger partial charge is 0.497 e. The van der Waals surface area contributed by atoms with E-state index in [9.17, 15) is 0 Å². The minimum atomic E-state index is 0.395. The number of methoxy groups -OCH3 is 1. The van der Waals surface area contributed by atoms with Crippen molar-refractivity contribution >= 4 is 11.8 Å². The van der Waals surface area contributed by atoms with Crippen molar-refractivity contribution in [1.29, 1.82) is 0 Å². The highest BCUT2D eigenvalue weighted by Gasteiger charge is 2.02. The van der Waals surface area contributed by atoms with Crippen molar-refractivity contribution in [1.82, 2.24) is 0 Å². The minimum Gasteiger partial charge on any atom is -0.497 e. The molecule has 0 heterocycles. The Kier molecular flexibility index (Phi) is 5.84. The van der Waals surface area contributed by atoms with Crippen LogP contribution in [0, 0.1) is 11.8 Å². The smallest absolute Gasteiger partial charge is 0.119 e. The van der Waals surface area contributed by atoms with E-state index in [4.69, 9.17) is 10.5 Å². The fraction of sp³-hybridized carbons (Fsp3) is 0.385. The summed E-state index contributed by atoms with van der Waals surface area (Å²) in [7, 11) is 1.68. The molecule has 0 atom stereocenters. The predicted molar refractivity (Wildman–Crippen MR) is 70.8 cm³/mol. The van der Waals surface area contributed by atoms with Crippen LogP contribution in [0.25, 0.3) is 0 Å². The molecule has 3 heteroatoms. The van der Waals surface area contributed by atoms with Gasteiger partial charge in [-0.25, -0.2) is 0 Å². The molecule has 0 spiro atoms. The topological polar surface area (TPSA) is 35.2 Å².